The fourth-order valence-electron chi connectivity index (χ4n) is 2.61. The van der Waals surface area contributed by atoms with Crippen molar-refractivity contribution in [2.24, 2.45) is 5.92 Å². The van der Waals surface area contributed by atoms with Crippen LogP contribution in [0.5, 0.6) is 5.75 Å². The quantitative estimate of drug-likeness (QED) is 0.570. The Labute approximate surface area is 167 Å². The Hall–Kier alpha value is -2.57. The van der Waals surface area contributed by atoms with Crippen LogP contribution < -0.4 is 15.4 Å². The molecule has 0 radical (unpaired) electrons. The molecule has 0 spiro atoms. The van der Waals surface area contributed by atoms with Gasteiger partial charge in [-0.1, -0.05) is 26.0 Å². The number of rotatable bonds is 12. The number of ketones is 1. The SMILES string of the molecule is CCOC(=O)NC(CNC(=O)COc1ccc(CCC(C)=O)cc1)CC(C)C. The van der Waals surface area contributed by atoms with Crippen molar-refractivity contribution in [1.82, 2.24) is 10.6 Å². The van der Waals surface area contributed by atoms with Gasteiger partial charge in [0.25, 0.3) is 5.91 Å². The maximum absolute atomic E-state index is 12.0. The number of carbonyl (C=O) groups excluding carboxylic acids is 3. The highest BCUT2D eigenvalue weighted by molar-refractivity contribution is 5.77. The van der Waals surface area contributed by atoms with E-state index >= 15 is 0 Å². The van der Waals surface area contributed by atoms with Crippen LogP contribution in [0.2, 0.25) is 0 Å². The molecule has 0 aromatic heterocycles. The molecule has 1 aromatic carbocycles. The zero-order valence-electron chi connectivity index (χ0n) is 17.2. The van der Waals surface area contributed by atoms with Gasteiger partial charge < -0.3 is 24.9 Å². The summed E-state index contributed by atoms with van der Waals surface area (Å²) in [4.78, 5) is 34.7. The smallest absolute Gasteiger partial charge is 0.407 e. The predicted octanol–water partition coefficient (Wildman–Crippen LogP) is 2.86. The number of Topliss-reactive ketones (excluding diaryl/α,β-unsaturated/α-hetero) is 1. The summed E-state index contributed by atoms with van der Waals surface area (Å²) in [7, 11) is 0. The van der Waals surface area contributed by atoms with Crippen LogP contribution in [-0.4, -0.2) is 43.6 Å². The van der Waals surface area contributed by atoms with Crippen molar-refractivity contribution in [3.63, 3.8) is 0 Å². The summed E-state index contributed by atoms with van der Waals surface area (Å²) < 4.78 is 10.4. The van der Waals surface area contributed by atoms with Crippen molar-refractivity contribution in [3.8, 4) is 5.75 Å². The summed E-state index contributed by atoms with van der Waals surface area (Å²) in [6.07, 6.45) is 1.45. The molecule has 2 N–H and O–H groups in total. The third-order valence-corrected chi connectivity index (χ3v) is 3.96. The Bertz CT molecular complexity index is 628. The summed E-state index contributed by atoms with van der Waals surface area (Å²) in [5.74, 6) is 0.844. The van der Waals surface area contributed by atoms with Gasteiger partial charge in [0.2, 0.25) is 0 Å². The number of aryl methyl sites for hydroxylation is 1. The lowest BCUT2D eigenvalue weighted by Gasteiger charge is -2.20. The van der Waals surface area contributed by atoms with Gasteiger partial charge >= 0.3 is 6.09 Å². The van der Waals surface area contributed by atoms with Crippen LogP contribution in [-0.2, 0) is 20.7 Å². The van der Waals surface area contributed by atoms with Crippen LogP contribution in [0.4, 0.5) is 4.79 Å². The highest BCUT2D eigenvalue weighted by atomic mass is 16.5. The van der Waals surface area contributed by atoms with Gasteiger partial charge in [0.1, 0.15) is 11.5 Å². The minimum Gasteiger partial charge on any atom is -0.484 e. The standard InChI is InChI=1S/C21H32N2O5/c1-5-27-21(26)23-18(12-15(2)3)13-22-20(25)14-28-19-10-8-17(9-11-19)7-6-16(4)24/h8-11,15,18H,5-7,12-14H2,1-4H3,(H,22,25)(H,23,26). The summed E-state index contributed by atoms with van der Waals surface area (Å²) in [5, 5.41) is 5.54. The topological polar surface area (TPSA) is 93.7 Å². The van der Waals surface area contributed by atoms with Crippen LogP contribution in [0.25, 0.3) is 0 Å². The fourth-order valence-corrected chi connectivity index (χ4v) is 2.61. The maximum Gasteiger partial charge on any atom is 0.407 e. The van der Waals surface area contributed by atoms with Crippen LogP contribution in [0, 0.1) is 5.92 Å². The van der Waals surface area contributed by atoms with Gasteiger partial charge in [-0.15, -0.1) is 0 Å². The van der Waals surface area contributed by atoms with Crippen LogP contribution in [0.15, 0.2) is 24.3 Å². The van der Waals surface area contributed by atoms with E-state index in [4.69, 9.17) is 9.47 Å². The van der Waals surface area contributed by atoms with Gasteiger partial charge in [-0.3, -0.25) is 4.79 Å². The molecular formula is C21H32N2O5. The molecular weight excluding hydrogens is 360 g/mol. The molecule has 28 heavy (non-hydrogen) atoms. The van der Waals surface area contributed by atoms with E-state index in [1.807, 2.05) is 26.0 Å². The van der Waals surface area contributed by atoms with Crippen LogP contribution in [0.3, 0.4) is 0 Å². The molecule has 156 valence electrons. The third-order valence-electron chi connectivity index (χ3n) is 3.96. The molecule has 1 rings (SSSR count). The van der Waals surface area contributed by atoms with Gasteiger partial charge in [0.05, 0.1) is 6.61 Å². The summed E-state index contributed by atoms with van der Waals surface area (Å²) in [6.45, 7) is 7.91. The second-order valence-corrected chi connectivity index (χ2v) is 7.13. The minimum atomic E-state index is -0.483. The number of ether oxygens (including phenoxy) is 2. The lowest BCUT2D eigenvalue weighted by molar-refractivity contribution is -0.123. The first-order valence-corrected chi connectivity index (χ1v) is 9.71. The highest BCUT2D eigenvalue weighted by Gasteiger charge is 2.16. The van der Waals surface area contributed by atoms with Crippen molar-refractivity contribution < 1.29 is 23.9 Å². The Morgan fingerprint density at radius 3 is 2.36 bits per heavy atom. The second-order valence-electron chi connectivity index (χ2n) is 7.13. The van der Waals surface area contributed by atoms with E-state index < -0.39 is 6.09 Å². The van der Waals surface area contributed by atoms with Crippen LogP contribution >= 0.6 is 0 Å². The zero-order valence-corrected chi connectivity index (χ0v) is 17.2. The van der Waals surface area contributed by atoms with E-state index in [9.17, 15) is 14.4 Å². The summed E-state index contributed by atoms with van der Waals surface area (Å²) in [5.41, 5.74) is 1.05. The molecule has 0 saturated carbocycles. The third kappa shape index (κ3) is 10.5. The molecule has 0 aliphatic rings. The Morgan fingerprint density at radius 1 is 1.11 bits per heavy atom. The number of alkyl carbamates (subject to hydrolysis) is 1. The number of carbonyl (C=O) groups is 3. The summed E-state index contributed by atoms with van der Waals surface area (Å²) in [6, 6.07) is 7.14. The van der Waals surface area contributed by atoms with E-state index in [1.165, 1.54) is 0 Å². The van der Waals surface area contributed by atoms with Crippen molar-refractivity contribution in [2.45, 2.75) is 53.0 Å². The number of benzene rings is 1. The first-order chi connectivity index (χ1) is 13.3. The molecule has 2 amide bonds. The van der Waals surface area contributed by atoms with E-state index in [0.717, 1.165) is 12.0 Å². The van der Waals surface area contributed by atoms with Crippen molar-refractivity contribution >= 4 is 17.8 Å². The first kappa shape index (κ1) is 23.5. The van der Waals surface area contributed by atoms with E-state index in [1.54, 1.807) is 26.0 Å². The molecule has 0 aliphatic heterocycles. The van der Waals surface area contributed by atoms with Gasteiger partial charge in [-0.25, -0.2) is 4.79 Å². The predicted molar refractivity (Wildman–Crippen MR) is 107 cm³/mol. The molecule has 0 aliphatic carbocycles. The highest BCUT2D eigenvalue weighted by Crippen LogP contribution is 2.13. The van der Waals surface area contributed by atoms with Crippen molar-refractivity contribution in [3.05, 3.63) is 29.8 Å². The molecule has 0 bridgehead atoms. The first-order valence-electron chi connectivity index (χ1n) is 9.71. The molecule has 0 saturated heterocycles. The average Bonchev–Trinajstić information content (AvgIpc) is 2.63. The maximum atomic E-state index is 12.0. The minimum absolute atomic E-state index is 0.111. The van der Waals surface area contributed by atoms with Crippen molar-refractivity contribution in [2.75, 3.05) is 19.8 Å². The lowest BCUT2D eigenvalue weighted by Crippen LogP contribution is -2.45. The number of nitrogens with one attached hydrogen (secondary N) is 2. The number of hydrogen-bond acceptors (Lipinski definition) is 5. The largest absolute Gasteiger partial charge is 0.484 e. The fraction of sp³-hybridized carbons (Fsp3) is 0.571. The van der Waals surface area contributed by atoms with Gasteiger partial charge in [0, 0.05) is 19.0 Å². The summed E-state index contributed by atoms with van der Waals surface area (Å²) >= 11 is 0. The molecule has 0 fully saturated rings. The van der Waals surface area contributed by atoms with E-state index in [-0.39, 0.29) is 24.3 Å². The average molecular weight is 392 g/mol. The monoisotopic (exact) mass is 392 g/mol. The Morgan fingerprint density at radius 2 is 1.79 bits per heavy atom. The molecule has 7 nitrogen and oxygen atoms in total. The van der Waals surface area contributed by atoms with E-state index in [2.05, 4.69) is 10.6 Å². The van der Waals surface area contributed by atoms with Gasteiger partial charge in [-0.05, 0) is 50.3 Å². The van der Waals surface area contributed by atoms with Crippen LogP contribution in [0.1, 0.15) is 46.1 Å². The molecule has 0 heterocycles. The molecule has 7 heteroatoms. The second kappa shape index (κ2) is 12.8. The van der Waals surface area contributed by atoms with Crippen molar-refractivity contribution in [1.29, 1.82) is 0 Å². The van der Waals surface area contributed by atoms with Gasteiger partial charge in [0.15, 0.2) is 6.61 Å². The zero-order chi connectivity index (χ0) is 20.9. The normalized spacial score (nSPS) is 11.6. The van der Waals surface area contributed by atoms with Gasteiger partial charge in [-0.2, -0.15) is 0 Å². The number of hydrogen-bond donors (Lipinski definition) is 2. The lowest BCUT2D eigenvalue weighted by atomic mass is 10.0. The molecule has 1 atom stereocenters. The Balaban J connectivity index is 2.40. The molecule has 1 aromatic rings. The number of amides is 2. The Kier molecular flexibility index (Phi) is 10.7. The van der Waals surface area contributed by atoms with E-state index in [0.29, 0.717) is 37.7 Å². The molecule has 1 unspecified atom stereocenters.